The van der Waals surface area contributed by atoms with Crippen molar-refractivity contribution in [2.45, 2.75) is 0 Å². The minimum Gasteiger partial charge on any atom is -0.353 e. The van der Waals surface area contributed by atoms with Crippen molar-refractivity contribution in [1.82, 2.24) is 10.6 Å². The first-order valence-corrected chi connectivity index (χ1v) is 5.14. The van der Waals surface area contributed by atoms with Gasteiger partial charge in [-0.05, 0) is 24.3 Å². The molecule has 1 rings (SSSR count). The van der Waals surface area contributed by atoms with Crippen LogP contribution in [0.15, 0.2) is 24.3 Å². The number of amides is 2. The van der Waals surface area contributed by atoms with Crippen molar-refractivity contribution >= 4 is 24.2 Å². The molecule has 0 aliphatic heterocycles. The third-order valence-electron chi connectivity index (χ3n) is 2.02. The van der Waals surface area contributed by atoms with Gasteiger partial charge in [0.05, 0.1) is 6.54 Å². The number of nitrogens with two attached hydrogens (primary N) is 1. The van der Waals surface area contributed by atoms with Crippen molar-refractivity contribution in [1.29, 1.82) is 0 Å². The van der Waals surface area contributed by atoms with Crippen molar-refractivity contribution in [2.75, 3.05) is 19.6 Å². The van der Waals surface area contributed by atoms with Gasteiger partial charge in [0, 0.05) is 18.7 Å². The zero-order chi connectivity index (χ0) is 12.7. The van der Waals surface area contributed by atoms with Gasteiger partial charge in [0.2, 0.25) is 5.91 Å². The van der Waals surface area contributed by atoms with Crippen molar-refractivity contribution in [3.8, 4) is 0 Å². The van der Waals surface area contributed by atoms with E-state index in [9.17, 15) is 14.0 Å². The standard InChI is InChI=1S/C11H14FN3O2.ClH/c12-9-3-1-8(2-4-9)11(17)15-6-5-14-10(16)7-13;/h1-4H,5-7,13H2,(H,14,16)(H,15,17);1H. The molecule has 0 unspecified atom stereocenters. The van der Waals surface area contributed by atoms with Crippen LogP contribution in [0.1, 0.15) is 10.4 Å². The van der Waals surface area contributed by atoms with Crippen LogP contribution in [0.5, 0.6) is 0 Å². The molecule has 0 bridgehead atoms. The van der Waals surface area contributed by atoms with E-state index in [-0.39, 0.29) is 30.8 Å². The molecule has 0 radical (unpaired) electrons. The van der Waals surface area contributed by atoms with E-state index in [1.807, 2.05) is 0 Å². The molecule has 0 fully saturated rings. The van der Waals surface area contributed by atoms with Gasteiger partial charge in [0.25, 0.3) is 5.91 Å². The lowest BCUT2D eigenvalue weighted by molar-refractivity contribution is -0.119. The minimum absolute atomic E-state index is 0. The van der Waals surface area contributed by atoms with Gasteiger partial charge in [-0.1, -0.05) is 0 Å². The second-order valence-corrected chi connectivity index (χ2v) is 3.32. The first-order chi connectivity index (χ1) is 8.13. The summed E-state index contributed by atoms with van der Waals surface area (Å²) in [4.78, 5) is 22.3. The Morgan fingerprint density at radius 2 is 1.67 bits per heavy atom. The molecular weight excluding hydrogens is 261 g/mol. The van der Waals surface area contributed by atoms with Crippen LogP contribution in [0.3, 0.4) is 0 Å². The smallest absolute Gasteiger partial charge is 0.251 e. The van der Waals surface area contributed by atoms with Crippen LogP contribution >= 0.6 is 12.4 Å². The van der Waals surface area contributed by atoms with Gasteiger partial charge in [0.1, 0.15) is 5.82 Å². The highest BCUT2D eigenvalue weighted by molar-refractivity contribution is 5.94. The first kappa shape index (κ1) is 16.3. The molecule has 0 heterocycles. The number of nitrogens with one attached hydrogen (secondary N) is 2. The molecule has 2 amide bonds. The fourth-order valence-electron chi connectivity index (χ4n) is 1.15. The van der Waals surface area contributed by atoms with Crippen LogP contribution < -0.4 is 16.4 Å². The quantitative estimate of drug-likeness (QED) is 0.664. The molecule has 4 N–H and O–H groups in total. The van der Waals surface area contributed by atoms with E-state index >= 15 is 0 Å². The van der Waals surface area contributed by atoms with Gasteiger partial charge < -0.3 is 16.4 Å². The van der Waals surface area contributed by atoms with E-state index < -0.39 is 5.82 Å². The van der Waals surface area contributed by atoms with Gasteiger partial charge in [-0.15, -0.1) is 12.4 Å². The molecule has 0 spiro atoms. The number of hydrogen-bond donors (Lipinski definition) is 3. The molecule has 0 aliphatic carbocycles. The summed E-state index contributed by atoms with van der Waals surface area (Å²) in [5, 5.41) is 5.09. The Morgan fingerprint density at radius 1 is 1.11 bits per heavy atom. The maximum absolute atomic E-state index is 12.6. The fourth-order valence-corrected chi connectivity index (χ4v) is 1.15. The first-order valence-electron chi connectivity index (χ1n) is 5.14. The van der Waals surface area contributed by atoms with E-state index in [0.29, 0.717) is 18.7 Å². The molecule has 7 heteroatoms. The maximum atomic E-state index is 12.6. The largest absolute Gasteiger partial charge is 0.353 e. The average molecular weight is 276 g/mol. The Kier molecular flexibility index (Phi) is 7.66. The van der Waals surface area contributed by atoms with Crippen LogP contribution in [0.25, 0.3) is 0 Å². The van der Waals surface area contributed by atoms with E-state index in [1.54, 1.807) is 0 Å². The zero-order valence-electron chi connectivity index (χ0n) is 9.61. The Hall–Kier alpha value is -1.66. The molecule has 0 saturated heterocycles. The van der Waals surface area contributed by atoms with Gasteiger partial charge in [0.15, 0.2) is 0 Å². The second-order valence-electron chi connectivity index (χ2n) is 3.32. The van der Waals surface area contributed by atoms with Gasteiger partial charge >= 0.3 is 0 Å². The van der Waals surface area contributed by atoms with Gasteiger partial charge in [-0.25, -0.2) is 4.39 Å². The number of halogens is 2. The molecule has 0 saturated carbocycles. The Labute approximate surface area is 110 Å². The summed E-state index contributed by atoms with van der Waals surface area (Å²) in [7, 11) is 0. The van der Waals surface area contributed by atoms with E-state index in [1.165, 1.54) is 24.3 Å². The highest BCUT2D eigenvalue weighted by atomic mass is 35.5. The van der Waals surface area contributed by atoms with Crippen molar-refractivity contribution in [2.24, 2.45) is 5.73 Å². The molecule has 0 aliphatic rings. The zero-order valence-corrected chi connectivity index (χ0v) is 10.4. The topological polar surface area (TPSA) is 84.2 Å². The lowest BCUT2D eigenvalue weighted by Gasteiger charge is -2.06. The van der Waals surface area contributed by atoms with Crippen LogP contribution in [-0.2, 0) is 4.79 Å². The normalized spacial score (nSPS) is 9.22. The second kappa shape index (κ2) is 8.43. The molecular formula is C11H15ClFN3O2. The summed E-state index contributed by atoms with van der Waals surface area (Å²) < 4.78 is 12.6. The summed E-state index contributed by atoms with van der Waals surface area (Å²) in [6.45, 7) is 0.525. The predicted octanol–water partition coefficient (Wildman–Crippen LogP) is 0.0522. The minimum atomic E-state index is -0.392. The number of benzene rings is 1. The molecule has 1 aromatic rings. The third kappa shape index (κ3) is 5.60. The Balaban J connectivity index is 0.00000289. The number of carbonyl (C=O) groups is 2. The molecule has 5 nitrogen and oxygen atoms in total. The highest BCUT2D eigenvalue weighted by Crippen LogP contribution is 2.01. The van der Waals surface area contributed by atoms with E-state index in [2.05, 4.69) is 10.6 Å². The van der Waals surface area contributed by atoms with Crippen molar-refractivity contribution < 1.29 is 14.0 Å². The summed E-state index contributed by atoms with van der Waals surface area (Å²) in [5.74, 6) is -0.982. The Bertz CT molecular complexity index is 398. The van der Waals surface area contributed by atoms with Crippen molar-refractivity contribution in [3.05, 3.63) is 35.6 Å². The van der Waals surface area contributed by atoms with Crippen LogP contribution in [0, 0.1) is 5.82 Å². The number of rotatable bonds is 5. The predicted molar refractivity (Wildman–Crippen MR) is 68.0 cm³/mol. The van der Waals surface area contributed by atoms with Gasteiger partial charge in [-0.2, -0.15) is 0 Å². The molecule has 18 heavy (non-hydrogen) atoms. The lowest BCUT2D eigenvalue weighted by atomic mass is 10.2. The summed E-state index contributed by atoms with van der Waals surface area (Å²) in [6.07, 6.45) is 0. The third-order valence-corrected chi connectivity index (χ3v) is 2.02. The maximum Gasteiger partial charge on any atom is 0.251 e. The van der Waals surface area contributed by atoms with Gasteiger partial charge in [-0.3, -0.25) is 9.59 Å². The molecule has 0 aromatic heterocycles. The SMILES string of the molecule is Cl.NCC(=O)NCCNC(=O)c1ccc(F)cc1. The fraction of sp³-hybridized carbons (Fsp3) is 0.273. The van der Waals surface area contributed by atoms with Crippen LogP contribution in [0.2, 0.25) is 0 Å². The van der Waals surface area contributed by atoms with Crippen molar-refractivity contribution in [3.63, 3.8) is 0 Å². The number of carbonyl (C=O) groups excluding carboxylic acids is 2. The Morgan fingerprint density at radius 3 is 2.22 bits per heavy atom. The lowest BCUT2D eigenvalue weighted by Crippen LogP contribution is -2.37. The molecule has 1 aromatic carbocycles. The summed E-state index contributed by atoms with van der Waals surface area (Å²) in [6, 6.07) is 5.21. The molecule has 0 atom stereocenters. The molecule has 100 valence electrons. The summed E-state index contributed by atoms with van der Waals surface area (Å²) in [5.41, 5.74) is 5.46. The number of hydrogen-bond acceptors (Lipinski definition) is 3. The highest BCUT2D eigenvalue weighted by Gasteiger charge is 2.04. The average Bonchev–Trinajstić information content (AvgIpc) is 2.34. The van der Waals surface area contributed by atoms with E-state index in [4.69, 9.17) is 5.73 Å². The van der Waals surface area contributed by atoms with E-state index in [0.717, 1.165) is 0 Å². The monoisotopic (exact) mass is 275 g/mol. The van der Waals surface area contributed by atoms with Crippen LogP contribution in [0.4, 0.5) is 4.39 Å². The van der Waals surface area contributed by atoms with Crippen LogP contribution in [-0.4, -0.2) is 31.4 Å². The summed E-state index contributed by atoms with van der Waals surface area (Å²) >= 11 is 0.